The Hall–Kier alpha value is -4.77. The normalized spacial score (nSPS) is 16.8. The van der Waals surface area contributed by atoms with Gasteiger partial charge in [-0.1, -0.05) is 89.9 Å². The third kappa shape index (κ3) is 10.6. The van der Waals surface area contributed by atoms with E-state index in [2.05, 4.69) is 69.7 Å². The summed E-state index contributed by atoms with van der Waals surface area (Å²) in [7, 11) is -0.831. The molecule has 0 bridgehead atoms. The first kappa shape index (κ1) is 49.2. The second-order valence-electron chi connectivity index (χ2n) is 22.7. The Kier molecular flexibility index (Phi) is 14.9. The van der Waals surface area contributed by atoms with Gasteiger partial charge in [0.25, 0.3) is 0 Å². The zero-order chi connectivity index (χ0) is 48.5. The van der Waals surface area contributed by atoms with E-state index in [0.717, 1.165) is 80.8 Å². The summed E-state index contributed by atoms with van der Waals surface area (Å²) in [5, 5.41) is 12.2. The fourth-order valence-electron chi connectivity index (χ4n) is 11.6. The summed E-state index contributed by atoms with van der Waals surface area (Å²) in [4.78, 5) is 33.8. The van der Waals surface area contributed by atoms with E-state index < -0.39 is 22.1 Å². The number of methoxy groups -OCH3 is 1. The maximum absolute atomic E-state index is 12.4. The van der Waals surface area contributed by atoms with Gasteiger partial charge in [0.1, 0.15) is 13.5 Å². The molecule has 6 aromatic rings. The maximum Gasteiger partial charge on any atom is 0.337 e. The van der Waals surface area contributed by atoms with E-state index in [-0.39, 0.29) is 5.97 Å². The molecule has 6 heterocycles. The van der Waals surface area contributed by atoms with Gasteiger partial charge in [0.15, 0.2) is 0 Å². The average Bonchev–Trinajstić information content (AvgIpc) is 4.03. The minimum absolute atomic E-state index is 0.281. The lowest BCUT2D eigenvalue weighted by atomic mass is 9.82. The highest BCUT2D eigenvalue weighted by Gasteiger charge is 2.33. The Morgan fingerprint density at radius 1 is 0.609 bits per heavy atom. The van der Waals surface area contributed by atoms with Crippen LogP contribution in [0.25, 0.3) is 44.6 Å². The second kappa shape index (κ2) is 20.9. The Morgan fingerprint density at radius 2 is 1.04 bits per heavy atom. The fourth-order valence-corrected chi connectivity index (χ4v) is 13.1. The summed E-state index contributed by atoms with van der Waals surface area (Å²) < 4.78 is 26.6. The first-order valence-corrected chi connectivity index (χ1v) is 33.5. The van der Waals surface area contributed by atoms with Gasteiger partial charge in [-0.25, -0.2) is 19.6 Å². The van der Waals surface area contributed by atoms with Crippen molar-refractivity contribution in [3.05, 3.63) is 82.7 Å². The van der Waals surface area contributed by atoms with Crippen LogP contribution in [0.1, 0.15) is 132 Å². The number of hydrogen-bond acceptors (Lipinski definition) is 7. The van der Waals surface area contributed by atoms with E-state index in [4.69, 9.17) is 24.2 Å². The van der Waals surface area contributed by atoms with Crippen LogP contribution in [-0.4, -0.2) is 81.8 Å². The Labute approximate surface area is 410 Å². The molecule has 1 N–H and O–H groups in total. The number of carbonyl (C=O) groups excluding carboxylic acids is 1. The molecule has 0 radical (unpaired) electrons. The lowest BCUT2D eigenvalue weighted by Crippen LogP contribution is -2.22. The molecule has 12 nitrogen and oxygen atoms in total. The van der Waals surface area contributed by atoms with E-state index in [0.29, 0.717) is 36.4 Å². The molecule has 2 saturated carbocycles. The summed E-state index contributed by atoms with van der Waals surface area (Å²) >= 11 is 0. The molecule has 2 aliphatic carbocycles. The fraction of sp³-hybridized carbons (Fsp3) is 0.564. The van der Waals surface area contributed by atoms with Gasteiger partial charge < -0.3 is 37.6 Å². The van der Waals surface area contributed by atoms with Gasteiger partial charge >= 0.3 is 11.9 Å². The predicted molar refractivity (Wildman–Crippen MR) is 281 cm³/mol. The van der Waals surface area contributed by atoms with Crippen LogP contribution >= 0.6 is 0 Å². The summed E-state index contributed by atoms with van der Waals surface area (Å²) in [6, 6.07) is 14.1. The first-order chi connectivity index (χ1) is 33.2. The van der Waals surface area contributed by atoms with Crippen molar-refractivity contribution >= 4 is 49.9 Å². The van der Waals surface area contributed by atoms with E-state index in [1.165, 1.54) is 122 Å². The summed E-state index contributed by atoms with van der Waals surface area (Å²) in [5.41, 5.74) is 13.3. The van der Waals surface area contributed by atoms with Crippen LogP contribution in [0.15, 0.2) is 49.1 Å². The van der Waals surface area contributed by atoms with Gasteiger partial charge in [0, 0.05) is 64.3 Å². The van der Waals surface area contributed by atoms with Crippen molar-refractivity contribution in [2.24, 2.45) is 0 Å². The number of carbonyl (C=O) groups is 2. The quantitative estimate of drug-likeness (QED) is 0.0649. The number of rotatable bonds is 14. The highest BCUT2D eigenvalue weighted by molar-refractivity contribution is 6.76. The van der Waals surface area contributed by atoms with Gasteiger partial charge in [0.05, 0.1) is 65.1 Å². The molecule has 2 aromatic carbocycles. The number of carboxylic acid groups (broad SMARTS) is 1. The topological polar surface area (TPSA) is 128 Å². The molecule has 2 fully saturated rings. The number of fused-ring (bicyclic) bond motifs is 10. The molecule has 0 amide bonds. The van der Waals surface area contributed by atoms with E-state index in [9.17, 15) is 14.7 Å². The predicted octanol–water partition coefficient (Wildman–Crippen LogP) is 13.1. The molecule has 2 aliphatic heterocycles. The Bertz CT molecular complexity index is 2790. The number of aromatic nitrogens is 6. The van der Waals surface area contributed by atoms with Crippen molar-refractivity contribution in [2.45, 2.75) is 180 Å². The molecule has 10 rings (SSSR count). The molecule has 4 aliphatic rings. The lowest BCUT2D eigenvalue weighted by molar-refractivity contribution is 0.0600. The second-order valence-corrected chi connectivity index (χ2v) is 33.9. The standard InChI is InChI=1S/C28H39N3O3Si.C27H37N3O3Si/c1-33-28(32)21-12-13-22-24(17-21)31-14-8-11-23-26(27(31)25(22)20-9-6-5-7-10-20)30(18-29-23)19-34-15-16-35(2,3)4;1-34(2,3)15-14-33-18-29-17-28-22-10-7-13-30-23-16-20(27(31)32)11-12-21(23)24(26(30)25(22)29)19-8-5-4-6-9-19/h12-13,17-18,20H,5-11,14-16,19H2,1-4H3;11-12,16-17,19H,4-10,13-15,18H2,1-3H3,(H,31,32). The average molecular weight is 973 g/mol. The van der Waals surface area contributed by atoms with Crippen LogP contribution in [0.5, 0.6) is 0 Å². The van der Waals surface area contributed by atoms with Crippen LogP contribution < -0.4 is 0 Å². The van der Waals surface area contributed by atoms with Crippen molar-refractivity contribution in [2.75, 3.05) is 20.3 Å². The zero-order valence-corrected chi connectivity index (χ0v) is 44.5. The molecule has 69 heavy (non-hydrogen) atoms. The van der Waals surface area contributed by atoms with Crippen LogP contribution in [0.4, 0.5) is 0 Å². The minimum atomic E-state index is -1.14. The number of imidazole rings is 2. The zero-order valence-electron chi connectivity index (χ0n) is 42.5. The van der Waals surface area contributed by atoms with Gasteiger partial charge in [-0.15, -0.1) is 0 Å². The maximum atomic E-state index is 12.4. The van der Waals surface area contributed by atoms with Crippen molar-refractivity contribution in [1.82, 2.24) is 28.2 Å². The van der Waals surface area contributed by atoms with Crippen molar-refractivity contribution in [3.8, 4) is 22.8 Å². The Balaban J connectivity index is 0.000000172. The largest absolute Gasteiger partial charge is 0.478 e. The third-order valence-corrected chi connectivity index (χ3v) is 18.6. The first-order valence-electron chi connectivity index (χ1n) is 26.1. The van der Waals surface area contributed by atoms with Gasteiger partial charge in [-0.2, -0.15) is 0 Å². The number of aryl methyl sites for hydroxylation is 4. The van der Waals surface area contributed by atoms with Crippen molar-refractivity contribution in [3.63, 3.8) is 0 Å². The number of esters is 1. The summed E-state index contributed by atoms with van der Waals surface area (Å²) in [6.45, 7) is 18.7. The van der Waals surface area contributed by atoms with Crippen LogP contribution in [0, 0.1) is 0 Å². The summed E-state index contributed by atoms with van der Waals surface area (Å²) in [6.07, 6.45) is 20.4. The van der Waals surface area contributed by atoms with Gasteiger partial charge in [-0.05, 0) is 111 Å². The highest BCUT2D eigenvalue weighted by atomic mass is 28.3. The number of aromatic carboxylic acids is 1. The van der Waals surface area contributed by atoms with Crippen LogP contribution in [0.2, 0.25) is 51.4 Å². The Morgan fingerprint density at radius 3 is 1.46 bits per heavy atom. The van der Waals surface area contributed by atoms with Crippen LogP contribution in [-0.2, 0) is 53.6 Å². The lowest BCUT2D eigenvalue weighted by Gasteiger charge is -2.24. The number of nitrogens with zero attached hydrogens (tertiary/aromatic N) is 6. The van der Waals surface area contributed by atoms with Crippen molar-refractivity contribution in [1.29, 1.82) is 0 Å². The third-order valence-electron chi connectivity index (χ3n) is 15.2. The molecule has 0 saturated heterocycles. The number of ether oxygens (including phenoxy) is 3. The number of hydrogen-bond donors (Lipinski definition) is 1. The van der Waals surface area contributed by atoms with E-state index in [1.54, 1.807) is 6.07 Å². The summed E-state index contributed by atoms with van der Waals surface area (Å²) in [5.74, 6) is -0.109. The minimum Gasteiger partial charge on any atom is -0.478 e. The van der Waals surface area contributed by atoms with Gasteiger partial charge in [-0.3, -0.25) is 0 Å². The van der Waals surface area contributed by atoms with Crippen molar-refractivity contribution < 1.29 is 28.9 Å². The molecule has 0 unspecified atom stereocenters. The molecule has 0 atom stereocenters. The van der Waals surface area contributed by atoms with E-state index in [1.807, 2.05) is 30.9 Å². The molecule has 14 heteroatoms. The monoisotopic (exact) mass is 973 g/mol. The van der Waals surface area contributed by atoms with Crippen LogP contribution in [0.3, 0.4) is 0 Å². The molecular formula is C55H76N6O6Si2. The number of benzene rings is 2. The SMILES string of the molecule is COC(=O)c1ccc2c(C3CCCCC3)c3n(c2c1)CCCc1ncn(COCC[Si](C)(C)C)c1-3.C[Si](C)(C)CCOCn1cnc2c1-c1c(C3CCCCC3)c3ccc(C(=O)O)cc3n1CCC2. The molecule has 4 aromatic heterocycles. The highest BCUT2D eigenvalue weighted by Crippen LogP contribution is 2.48. The molecular weight excluding hydrogens is 897 g/mol. The molecule has 370 valence electrons. The smallest absolute Gasteiger partial charge is 0.337 e. The number of carboxylic acids is 1. The molecule has 0 spiro atoms. The van der Waals surface area contributed by atoms with Gasteiger partial charge in [0.2, 0.25) is 0 Å². The van der Waals surface area contributed by atoms with E-state index >= 15 is 0 Å².